The van der Waals surface area contributed by atoms with Crippen molar-refractivity contribution in [1.82, 2.24) is 4.98 Å². The van der Waals surface area contributed by atoms with Crippen molar-refractivity contribution < 1.29 is 4.39 Å². The van der Waals surface area contributed by atoms with E-state index in [1.807, 2.05) is 18.3 Å². The summed E-state index contributed by atoms with van der Waals surface area (Å²) in [5.74, 6) is 0. The fraction of sp³-hybridized carbons (Fsp3) is 0.200. The zero-order valence-electron chi connectivity index (χ0n) is 6.84. The van der Waals surface area contributed by atoms with Crippen molar-refractivity contribution in [3.63, 3.8) is 0 Å². The molecule has 0 aromatic carbocycles. The topological polar surface area (TPSA) is 15.8 Å². The number of H-pyrrole nitrogens is 1. The second-order valence-electron chi connectivity index (χ2n) is 3.17. The molecule has 0 saturated carbocycles. The van der Waals surface area contributed by atoms with E-state index in [-0.39, 0.29) is 0 Å². The normalized spacial score (nSPS) is 26.8. The molecule has 1 nitrogen and oxygen atoms in total. The van der Waals surface area contributed by atoms with Gasteiger partial charge in [-0.05, 0) is 36.4 Å². The third-order valence-electron chi connectivity index (χ3n) is 1.94. The number of aromatic nitrogens is 1. The van der Waals surface area contributed by atoms with Crippen LogP contribution in [0.15, 0.2) is 24.4 Å². The Kier molecular flexibility index (Phi) is 1.43. The summed E-state index contributed by atoms with van der Waals surface area (Å²) in [6, 6.07) is 1.87. The van der Waals surface area contributed by atoms with Gasteiger partial charge in [-0.15, -0.1) is 0 Å². The number of fused-ring (bicyclic) bond motifs is 1. The number of nitrogens with one attached hydrogen (secondary N) is 1. The highest BCUT2D eigenvalue weighted by Crippen LogP contribution is 2.14. The Morgan fingerprint density at radius 3 is 3.17 bits per heavy atom. The van der Waals surface area contributed by atoms with Crippen LogP contribution in [0.5, 0.6) is 0 Å². The fourth-order valence-electron chi connectivity index (χ4n) is 1.35. The van der Waals surface area contributed by atoms with Gasteiger partial charge >= 0.3 is 0 Å². The SMILES string of the molecule is CC1(F)C=CC=c2[nH]ccc2=C1. The number of rotatable bonds is 0. The predicted octanol–water partition coefficient (Wildman–Crippen LogP) is 0.874. The molecule has 0 fully saturated rings. The smallest absolute Gasteiger partial charge is 0.145 e. The van der Waals surface area contributed by atoms with Gasteiger partial charge in [0.1, 0.15) is 5.67 Å². The van der Waals surface area contributed by atoms with Gasteiger partial charge in [0, 0.05) is 11.5 Å². The Bertz CT molecular complexity index is 423. The molecule has 0 aliphatic heterocycles. The number of allylic oxidation sites excluding steroid dienone is 2. The first-order valence-corrected chi connectivity index (χ1v) is 3.92. The molecule has 2 rings (SSSR count). The molecule has 1 aliphatic carbocycles. The van der Waals surface area contributed by atoms with Gasteiger partial charge in [0.15, 0.2) is 0 Å². The summed E-state index contributed by atoms with van der Waals surface area (Å²) >= 11 is 0. The molecule has 1 aromatic heterocycles. The Hall–Kier alpha value is -1.31. The molecule has 12 heavy (non-hydrogen) atoms. The Morgan fingerprint density at radius 2 is 2.33 bits per heavy atom. The summed E-state index contributed by atoms with van der Waals surface area (Å²) in [5.41, 5.74) is -1.33. The van der Waals surface area contributed by atoms with Crippen molar-refractivity contribution in [1.29, 1.82) is 0 Å². The van der Waals surface area contributed by atoms with Crippen LogP contribution >= 0.6 is 0 Å². The highest BCUT2D eigenvalue weighted by atomic mass is 19.1. The zero-order valence-corrected chi connectivity index (χ0v) is 6.84. The third kappa shape index (κ3) is 1.20. The standard InChI is InChI=1S/C10H10FN/c1-10(11)5-2-3-9-8(7-10)4-6-12-9/h2-7,12H,1H3. The van der Waals surface area contributed by atoms with E-state index < -0.39 is 5.67 Å². The largest absolute Gasteiger partial charge is 0.361 e. The molecule has 1 aliphatic rings. The lowest BCUT2D eigenvalue weighted by Crippen LogP contribution is -2.24. The van der Waals surface area contributed by atoms with Gasteiger partial charge in [0.2, 0.25) is 0 Å². The van der Waals surface area contributed by atoms with Gasteiger partial charge in [-0.1, -0.05) is 6.08 Å². The van der Waals surface area contributed by atoms with Crippen LogP contribution in [0, 0.1) is 0 Å². The lowest BCUT2D eigenvalue weighted by atomic mass is 10.1. The van der Waals surface area contributed by atoms with Crippen molar-refractivity contribution in [2.75, 3.05) is 0 Å². The van der Waals surface area contributed by atoms with Crippen molar-refractivity contribution in [2.24, 2.45) is 0 Å². The number of hydrogen-bond acceptors (Lipinski definition) is 0. The Balaban J connectivity index is 2.75. The van der Waals surface area contributed by atoms with E-state index in [2.05, 4.69) is 4.98 Å². The molecule has 0 radical (unpaired) electrons. The van der Waals surface area contributed by atoms with E-state index in [1.54, 1.807) is 25.2 Å². The molecule has 0 spiro atoms. The maximum Gasteiger partial charge on any atom is 0.145 e. The molecule has 1 aromatic rings. The summed E-state index contributed by atoms with van der Waals surface area (Å²) in [6.07, 6.45) is 8.57. The molecule has 2 heteroatoms. The fourth-order valence-corrected chi connectivity index (χ4v) is 1.35. The molecular formula is C10H10FN. The van der Waals surface area contributed by atoms with Crippen molar-refractivity contribution in [2.45, 2.75) is 12.6 Å². The van der Waals surface area contributed by atoms with E-state index in [0.29, 0.717) is 0 Å². The van der Waals surface area contributed by atoms with Crippen LogP contribution in [0.25, 0.3) is 12.2 Å². The van der Waals surface area contributed by atoms with Crippen molar-refractivity contribution in [3.8, 4) is 0 Å². The highest BCUT2D eigenvalue weighted by molar-refractivity contribution is 5.48. The minimum absolute atomic E-state index is 0.921. The van der Waals surface area contributed by atoms with Crippen LogP contribution < -0.4 is 10.6 Å². The molecule has 1 atom stereocenters. The molecule has 0 amide bonds. The number of hydrogen-bond donors (Lipinski definition) is 1. The monoisotopic (exact) mass is 163 g/mol. The first kappa shape index (κ1) is 7.35. The van der Waals surface area contributed by atoms with Gasteiger partial charge in [0.05, 0.1) is 0 Å². The lowest BCUT2D eigenvalue weighted by molar-refractivity contribution is 0.350. The van der Waals surface area contributed by atoms with Crippen LogP contribution in [-0.2, 0) is 0 Å². The van der Waals surface area contributed by atoms with Crippen molar-refractivity contribution in [3.05, 3.63) is 35.0 Å². The molecule has 1 N–H and O–H groups in total. The summed E-state index contributed by atoms with van der Waals surface area (Å²) in [6.45, 7) is 1.54. The summed E-state index contributed by atoms with van der Waals surface area (Å²) < 4.78 is 13.5. The highest BCUT2D eigenvalue weighted by Gasteiger charge is 2.15. The van der Waals surface area contributed by atoms with E-state index in [1.165, 1.54) is 0 Å². The van der Waals surface area contributed by atoms with Crippen LogP contribution in [0.2, 0.25) is 0 Å². The van der Waals surface area contributed by atoms with Crippen LogP contribution in [-0.4, -0.2) is 10.7 Å². The predicted molar refractivity (Wildman–Crippen MR) is 47.6 cm³/mol. The second-order valence-corrected chi connectivity index (χ2v) is 3.17. The molecule has 0 saturated heterocycles. The third-order valence-corrected chi connectivity index (χ3v) is 1.94. The average molecular weight is 163 g/mol. The van der Waals surface area contributed by atoms with E-state index >= 15 is 0 Å². The summed E-state index contributed by atoms with van der Waals surface area (Å²) in [7, 11) is 0. The van der Waals surface area contributed by atoms with E-state index in [4.69, 9.17) is 0 Å². The quantitative estimate of drug-likeness (QED) is 0.584. The zero-order chi connectivity index (χ0) is 8.60. The Labute approximate surface area is 69.9 Å². The first-order chi connectivity index (χ1) is 5.67. The average Bonchev–Trinajstić information content (AvgIpc) is 2.31. The van der Waals surface area contributed by atoms with Gasteiger partial charge in [-0.3, -0.25) is 0 Å². The van der Waals surface area contributed by atoms with E-state index in [0.717, 1.165) is 10.6 Å². The maximum atomic E-state index is 13.5. The maximum absolute atomic E-state index is 13.5. The molecule has 0 bridgehead atoms. The minimum atomic E-state index is -1.33. The number of halogens is 1. The number of alkyl halides is 1. The van der Waals surface area contributed by atoms with Crippen molar-refractivity contribution >= 4 is 12.2 Å². The second kappa shape index (κ2) is 2.34. The first-order valence-electron chi connectivity index (χ1n) is 3.92. The molecular weight excluding hydrogens is 153 g/mol. The van der Waals surface area contributed by atoms with Crippen LogP contribution in [0.1, 0.15) is 6.92 Å². The summed E-state index contributed by atoms with van der Waals surface area (Å²) in [4.78, 5) is 3.03. The van der Waals surface area contributed by atoms with Gasteiger partial charge < -0.3 is 4.98 Å². The van der Waals surface area contributed by atoms with E-state index in [9.17, 15) is 4.39 Å². The summed E-state index contributed by atoms with van der Waals surface area (Å²) in [5, 5.41) is 1.89. The molecule has 1 unspecified atom stereocenters. The van der Waals surface area contributed by atoms with Crippen LogP contribution in [0.3, 0.4) is 0 Å². The Morgan fingerprint density at radius 1 is 1.50 bits per heavy atom. The molecule has 1 heterocycles. The minimum Gasteiger partial charge on any atom is -0.361 e. The van der Waals surface area contributed by atoms with Gasteiger partial charge in [0.25, 0.3) is 0 Å². The number of aromatic amines is 1. The lowest BCUT2D eigenvalue weighted by Gasteiger charge is -2.06. The molecule has 62 valence electrons. The van der Waals surface area contributed by atoms with Gasteiger partial charge in [-0.25, -0.2) is 4.39 Å². The van der Waals surface area contributed by atoms with Gasteiger partial charge in [-0.2, -0.15) is 0 Å². The van der Waals surface area contributed by atoms with Crippen LogP contribution in [0.4, 0.5) is 4.39 Å².